The predicted octanol–water partition coefficient (Wildman–Crippen LogP) is 3.65. The van der Waals surface area contributed by atoms with Crippen LogP contribution in [0.4, 0.5) is 13.2 Å². The Bertz CT molecular complexity index is 596. The first-order valence-corrected chi connectivity index (χ1v) is 5.93. The van der Waals surface area contributed by atoms with E-state index >= 15 is 0 Å². The molecule has 4 heteroatoms. The van der Waals surface area contributed by atoms with Crippen LogP contribution in [0.3, 0.4) is 0 Å². The fourth-order valence-electron chi connectivity index (χ4n) is 1.94. The van der Waals surface area contributed by atoms with E-state index in [2.05, 4.69) is 0 Å². The van der Waals surface area contributed by atoms with E-state index in [9.17, 15) is 13.2 Å². The highest BCUT2D eigenvalue weighted by atomic mass is 19.2. The van der Waals surface area contributed by atoms with Crippen LogP contribution in [-0.4, -0.2) is 0 Å². The fraction of sp³-hybridized carbons (Fsp3) is 0.200. The molecule has 0 heterocycles. The summed E-state index contributed by atoms with van der Waals surface area (Å²) in [4.78, 5) is 0. The van der Waals surface area contributed by atoms with E-state index < -0.39 is 11.6 Å². The number of hydrogen-bond donors (Lipinski definition) is 1. The Morgan fingerprint density at radius 3 is 2.26 bits per heavy atom. The van der Waals surface area contributed by atoms with Gasteiger partial charge in [0.05, 0.1) is 0 Å². The second-order valence-corrected chi connectivity index (χ2v) is 4.57. The maximum absolute atomic E-state index is 13.2. The van der Waals surface area contributed by atoms with Crippen LogP contribution in [0, 0.1) is 24.4 Å². The molecule has 0 amide bonds. The van der Waals surface area contributed by atoms with Crippen molar-refractivity contribution in [2.75, 3.05) is 0 Å². The lowest BCUT2D eigenvalue weighted by molar-refractivity contribution is 0.506. The topological polar surface area (TPSA) is 26.0 Å². The Morgan fingerprint density at radius 2 is 1.63 bits per heavy atom. The van der Waals surface area contributed by atoms with Gasteiger partial charge < -0.3 is 5.73 Å². The van der Waals surface area contributed by atoms with Gasteiger partial charge in [-0.15, -0.1) is 0 Å². The monoisotopic (exact) mass is 265 g/mol. The van der Waals surface area contributed by atoms with Crippen LogP contribution in [0.15, 0.2) is 36.4 Å². The van der Waals surface area contributed by atoms with Gasteiger partial charge in [-0.1, -0.05) is 18.2 Å². The number of halogens is 3. The first kappa shape index (κ1) is 13.6. The van der Waals surface area contributed by atoms with Crippen molar-refractivity contribution in [1.29, 1.82) is 0 Å². The molecule has 1 unspecified atom stereocenters. The zero-order chi connectivity index (χ0) is 14.0. The molecule has 0 aliphatic rings. The lowest BCUT2D eigenvalue weighted by Gasteiger charge is -2.13. The smallest absolute Gasteiger partial charge is 0.159 e. The maximum atomic E-state index is 13.2. The zero-order valence-corrected chi connectivity index (χ0v) is 10.5. The van der Waals surface area contributed by atoms with Crippen LogP contribution in [0.2, 0.25) is 0 Å². The van der Waals surface area contributed by atoms with Crippen molar-refractivity contribution < 1.29 is 13.2 Å². The molecule has 2 N–H and O–H groups in total. The Labute approximate surface area is 109 Å². The SMILES string of the molecule is Cc1cc(C(N)Cc2ccc(F)c(F)c2)ccc1F. The first-order chi connectivity index (χ1) is 8.97. The van der Waals surface area contributed by atoms with E-state index in [1.165, 1.54) is 12.1 Å². The molecule has 0 fully saturated rings. The standard InChI is InChI=1S/C15H14F3N/c1-9-6-11(3-5-12(9)16)15(19)8-10-2-4-13(17)14(18)7-10/h2-7,15H,8,19H2,1H3. The summed E-state index contributed by atoms with van der Waals surface area (Å²) in [5.74, 6) is -2.06. The molecule has 2 aromatic carbocycles. The lowest BCUT2D eigenvalue weighted by atomic mass is 9.98. The second kappa shape index (κ2) is 5.45. The summed E-state index contributed by atoms with van der Waals surface area (Å²) in [6.45, 7) is 1.66. The summed E-state index contributed by atoms with van der Waals surface area (Å²) in [5, 5.41) is 0. The van der Waals surface area contributed by atoms with E-state index in [-0.39, 0.29) is 11.9 Å². The van der Waals surface area contributed by atoms with E-state index in [0.29, 0.717) is 17.5 Å². The first-order valence-electron chi connectivity index (χ1n) is 5.93. The molecule has 0 aliphatic carbocycles. The van der Waals surface area contributed by atoms with Crippen molar-refractivity contribution in [3.63, 3.8) is 0 Å². The molecule has 0 aliphatic heterocycles. The van der Waals surface area contributed by atoms with E-state index in [1.807, 2.05) is 0 Å². The van der Waals surface area contributed by atoms with Crippen molar-refractivity contribution >= 4 is 0 Å². The molecular formula is C15H14F3N. The normalized spacial score (nSPS) is 12.5. The number of nitrogens with two attached hydrogens (primary N) is 1. The molecule has 2 aromatic rings. The third-order valence-electron chi connectivity index (χ3n) is 3.05. The van der Waals surface area contributed by atoms with Crippen LogP contribution >= 0.6 is 0 Å². The molecule has 1 atom stereocenters. The molecule has 0 saturated heterocycles. The highest BCUT2D eigenvalue weighted by molar-refractivity contribution is 5.28. The molecule has 19 heavy (non-hydrogen) atoms. The minimum Gasteiger partial charge on any atom is -0.324 e. The Hall–Kier alpha value is -1.81. The van der Waals surface area contributed by atoms with Crippen LogP contribution < -0.4 is 5.73 Å². The summed E-state index contributed by atoms with van der Waals surface area (Å²) < 4.78 is 39.0. The molecule has 0 aromatic heterocycles. The Balaban J connectivity index is 2.17. The second-order valence-electron chi connectivity index (χ2n) is 4.57. The van der Waals surface area contributed by atoms with Gasteiger partial charge in [-0.25, -0.2) is 13.2 Å². The van der Waals surface area contributed by atoms with Gasteiger partial charge in [-0.3, -0.25) is 0 Å². The summed E-state index contributed by atoms with van der Waals surface area (Å²) in [7, 11) is 0. The molecule has 1 nitrogen and oxygen atoms in total. The third kappa shape index (κ3) is 3.15. The average molecular weight is 265 g/mol. The van der Waals surface area contributed by atoms with Crippen molar-refractivity contribution in [3.8, 4) is 0 Å². The van der Waals surface area contributed by atoms with Gasteiger partial charge in [0.2, 0.25) is 0 Å². The summed E-state index contributed by atoms with van der Waals surface area (Å²) in [6.07, 6.45) is 0.363. The average Bonchev–Trinajstić information content (AvgIpc) is 2.37. The quantitative estimate of drug-likeness (QED) is 0.900. The molecule has 0 bridgehead atoms. The van der Waals surface area contributed by atoms with E-state index in [1.54, 1.807) is 19.1 Å². The molecular weight excluding hydrogens is 251 g/mol. The third-order valence-corrected chi connectivity index (χ3v) is 3.05. The number of hydrogen-bond acceptors (Lipinski definition) is 1. The van der Waals surface area contributed by atoms with Gasteiger partial charge in [0.1, 0.15) is 5.82 Å². The van der Waals surface area contributed by atoms with Gasteiger partial charge in [-0.05, 0) is 48.2 Å². The van der Waals surface area contributed by atoms with Crippen LogP contribution in [0.1, 0.15) is 22.7 Å². The van der Waals surface area contributed by atoms with Crippen LogP contribution in [-0.2, 0) is 6.42 Å². The van der Waals surface area contributed by atoms with Crippen molar-refractivity contribution in [3.05, 3.63) is 70.5 Å². The van der Waals surface area contributed by atoms with Crippen molar-refractivity contribution in [2.45, 2.75) is 19.4 Å². The Kier molecular flexibility index (Phi) is 3.90. The van der Waals surface area contributed by atoms with Gasteiger partial charge in [-0.2, -0.15) is 0 Å². The summed E-state index contributed by atoms with van der Waals surface area (Å²) in [5.41, 5.74) is 7.88. The minimum absolute atomic E-state index is 0.288. The van der Waals surface area contributed by atoms with Crippen molar-refractivity contribution in [2.24, 2.45) is 5.73 Å². The van der Waals surface area contributed by atoms with E-state index in [4.69, 9.17) is 5.73 Å². The van der Waals surface area contributed by atoms with Gasteiger partial charge in [0.25, 0.3) is 0 Å². The number of benzene rings is 2. The van der Waals surface area contributed by atoms with Crippen molar-refractivity contribution in [1.82, 2.24) is 0 Å². The highest BCUT2D eigenvalue weighted by Crippen LogP contribution is 2.20. The highest BCUT2D eigenvalue weighted by Gasteiger charge is 2.10. The molecule has 100 valence electrons. The van der Waals surface area contributed by atoms with Crippen LogP contribution in [0.5, 0.6) is 0 Å². The van der Waals surface area contributed by atoms with Gasteiger partial charge in [0.15, 0.2) is 11.6 Å². The maximum Gasteiger partial charge on any atom is 0.159 e. The lowest BCUT2D eigenvalue weighted by Crippen LogP contribution is -2.14. The largest absolute Gasteiger partial charge is 0.324 e. The molecule has 0 spiro atoms. The van der Waals surface area contributed by atoms with Gasteiger partial charge >= 0.3 is 0 Å². The Morgan fingerprint density at radius 1 is 0.947 bits per heavy atom. The summed E-state index contributed by atoms with van der Waals surface area (Å²) in [6, 6.07) is 7.94. The minimum atomic E-state index is -0.889. The molecule has 0 saturated carbocycles. The van der Waals surface area contributed by atoms with Crippen LogP contribution in [0.25, 0.3) is 0 Å². The predicted molar refractivity (Wildman–Crippen MR) is 68.1 cm³/mol. The summed E-state index contributed by atoms with van der Waals surface area (Å²) >= 11 is 0. The van der Waals surface area contributed by atoms with E-state index in [0.717, 1.165) is 17.7 Å². The van der Waals surface area contributed by atoms with Gasteiger partial charge in [0, 0.05) is 6.04 Å². The number of rotatable bonds is 3. The molecule has 0 radical (unpaired) electrons. The number of aryl methyl sites for hydroxylation is 1. The fourth-order valence-corrected chi connectivity index (χ4v) is 1.94. The zero-order valence-electron chi connectivity index (χ0n) is 10.5. The molecule has 2 rings (SSSR count).